The molecule has 0 saturated carbocycles. The molecule has 0 bridgehead atoms. The summed E-state index contributed by atoms with van der Waals surface area (Å²) in [5, 5.41) is 5.38. The van der Waals surface area contributed by atoms with Crippen molar-refractivity contribution < 1.29 is 17.9 Å². The second-order valence-corrected chi connectivity index (χ2v) is 9.37. The van der Waals surface area contributed by atoms with Gasteiger partial charge in [-0.25, -0.2) is 13.4 Å². The lowest BCUT2D eigenvalue weighted by molar-refractivity contribution is 0.102. The molecule has 0 radical (unpaired) electrons. The minimum absolute atomic E-state index is 0.0935. The Kier molecular flexibility index (Phi) is 5.74. The van der Waals surface area contributed by atoms with Crippen LogP contribution in [0.4, 0.5) is 5.13 Å². The summed E-state index contributed by atoms with van der Waals surface area (Å²) in [6.07, 6.45) is 1.10. The summed E-state index contributed by atoms with van der Waals surface area (Å²) in [6, 6.07) is 9.77. The average molecular weight is 437 g/mol. The Balaban J connectivity index is 1.84. The van der Waals surface area contributed by atoms with Crippen LogP contribution in [-0.4, -0.2) is 32.7 Å². The fourth-order valence-electron chi connectivity index (χ4n) is 2.53. The summed E-state index contributed by atoms with van der Waals surface area (Å²) in [5.74, 6) is 0.145. The van der Waals surface area contributed by atoms with Crippen LogP contribution in [0.2, 0.25) is 5.02 Å². The summed E-state index contributed by atoms with van der Waals surface area (Å²) in [5.41, 5.74) is 2.40. The van der Waals surface area contributed by atoms with Crippen LogP contribution in [-0.2, 0) is 9.84 Å². The summed E-state index contributed by atoms with van der Waals surface area (Å²) < 4.78 is 28.6. The number of hydrogen-bond acceptors (Lipinski definition) is 6. The molecule has 1 N–H and O–H groups in total. The molecule has 0 aliphatic rings. The van der Waals surface area contributed by atoms with E-state index in [2.05, 4.69) is 10.3 Å². The molecule has 1 heterocycles. The van der Waals surface area contributed by atoms with Crippen molar-refractivity contribution in [3.8, 4) is 17.0 Å². The zero-order chi connectivity index (χ0) is 20.5. The topological polar surface area (TPSA) is 85.4 Å². The zero-order valence-corrected chi connectivity index (χ0v) is 17.7. The van der Waals surface area contributed by atoms with Gasteiger partial charge in [-0.2, -0.15) is 0 Å². The molecule has 0 spiro atoms. The van der Waals surface area contributed by atoms with Crippen LogP contribution < -0.4 is 10.1 Å². The van der Waals surface area contributed by atoms with Gasteiger partial charge >= 0.3 is 0 Å². The van der Waals surface area contributed by atoms with Gasteiger partial charge in [-0.1, -0.05) is 17.7 Å². The van der Waals surface area contributed by atoms with Crippen LogP contribution >= 0.6 is 22.9 Å². The lowest BCUT2D eigenvalue weighted by atomic mass is 10.1. The normalized spacial score (nSPS) is 11.3. The Morgan fingerprint density at radius 1 is 1.21 bits per heavy atom. The molecule has 0 unspecified atom stereocenters. The highest BCUT2D eigenvalue weighted by Gasteiger charge is 2.16. The molecule has 146 valence electrons. The molecule has 0 fully saturated rings. The number of nitrogens with zero attached hydrogens (tertiary/aromatic N) is 1. The van der Waals surface area contributed by atoms with E-state index in [1.165, 1.54) is 30.6 Å². The zero-order valence-electron chi connectivity index (χ0n) is 15.3. The van der Waals surface area contributed by atoms with Gasteiger partial charge in [0.15, 0.2) is 15.0 Å². The lowest BCUT2D eigenvalue weighted by Gasteiger charge is -2.07. The number of anilines is 1. The maximum Gasteiger partial charge on any atom is 0.257 e. The van der Waals surface area contributed by atoms with Gasteiger partial charge in [-0.3, -0.25) is 10.1 Å². The fraction of sp³-hybridized carbons (Fsp3) is 0.158. The maximum absolute atomic E-state index is 12.6. The first-order valence-corrected chi connectivity index (χ1v) is 11.3. The van der Waals surface area contributed by atoms with Crippen LogP contribution in [0.1, 0.15) is 15.9 Å². The highest BCUT2D eigenvalue weighted by atomic mass is 35.5. The van der Waals surface area contributed by atoms with Crippen molar-refractivity contribution >= 4 is 43.8 Å². The first-order valence-electron chi connectivity index (χ1n) is 8.10. The molecule has 1 amide bonds. The molecule has 1 aromatic heterocycles. The van der Waals surface area contributed by atoms with Gasteiger partial charge in [0.1, 0.15) is 5.75 Å². The van der Waals surface area contributed by atoms with E-state index in [9.17, 15) is 13.2 Å². The summed E-state index contributed by atoms with van der Waals surface area (Å²) in [7, 11) is -1.87. The number of sulfone groups is 1. The van der Waals surface area contributed by atoms with Gasteiger partial charge in [0.25, 0.3) is 5.91 Å². The van der Waals surface area contributed by atoms with Crippen molar-refractivity contribution in [3.63, 3.8) is 0 Å². The standard InChI is InChI=1S/C19H17ClN2O4S2/c1-11-4-6-13(28(3,24)25)9-14(11)18(23)22-19-21-16(10-27-19)12-5-7-17(26-2)15(20)8-12/h4-10H,1-3H3,(H,21,22,23). The van der Waals surface area contributed by atoms with Gasteiger partial charge in [0.2, 0.25) is 0 Å². The minimum Gasteiger partial charge on any atom is -0.495 e. The predicted molar refractivity (Wildman–Crippen MR) is 111 cm³/mol. The third-order valence-corrected chi connectivity index (χ3v) is 6.22. The number of carbonyl (C=O) groups is 1. The highest BCUT2D eigenvalue weighted by molar-refractivity contribution is 7.90. The summed E-state index contributed by atoms with van der Waals surface area (Å²) >= 11 is 7.41. The number of aromatic nitrogens is 1. The highest BCUT2D eigenvalue weighted by Crippen LogP contribution is 2.32. The van der Waals surface area contributed by atoms with Crippen LogP contribution in [0.3, 0.4) is 0 Å². The molecule has 6 nitrogen and oxygen atoms in total. The van der Waals surface area contributed by atoms with E-state index in [0.717, 1.165) is 11.8 Å². The quantitative estimate of drug-likeness (QED) is 0.639. The number of aryl methyl sites for hydroxylation is 1. The van der Waals surface area contributed by atoms with Crippen molar-refractivity contribution in [2.75, 3.05) is 18.7 Å². The van der Waals surface area contributed by atoms with Crippen LogP contribution in [0.25, 0.3) is 11.3 Å². The van der Waals surface area contributed by atoms with Crippen molar-refractivity contribution in [2.24, 2.45) is 0 Å². The number of carbonyl (C=O) groups excluding carboxylic acids is 1. The van der Waals surface area contributed by atoms with E-state index in [-0.39, 0.29) is 10.5 Å². The SMILES string of the molecule is COc1ccc(-c2csc(NC(=O)c3cc(S(C)(=O)=O)ccc3C)n2)cc1Cl. The molecule has 0 aliphatic carbocycles. The van der Waals surface area contributed by atoms with Crippen molar-refractivity contribution in [1.29, 1.82) is 0 Å². The minimum atomic E-state index is -3.41. The summed E-state index contributed by atoms with van der Waals surface area (Å²) in [4.78, 5) is 17.1. The van der Waals surface area contributed by atoms with Crippen LogP contribution in [0, 0.1) is 6.92 Å². The molecule has 3 rings (SSSR count). The van der Waals surface area contributed by atoms with Gasteiger partial charge < -0.3 is 4.74 Å². The van der Waals surface area contributed by atoms with E-state index in [0.29, 0.717) is 27.2 Å². The van der Waals surface area contributed by atoms with Crippen LogP contribution in [0.5, 0.6) is 5.75 Å². The third-order valence-electron chi connectivity index (χ3n) is 4.05. The second kappa shape index (κ2) is 7.90. The van der Waals surface area contributed by atoms with Gasteiger partial charge in [-0.15, -0.1) is 11.3 Å². The molecule has 9 heteroatoms. The number of nitrogens with one attached hydrogen (secondary N) is 1. The maximum atomic E-state index is 12.6. The Morgan fingerprint density at radius 2 is 1.96 bits per heavy atom. The average Bonchev–Trinajstić information content (AvgIpc) is 3.09. The molecule has 2 aromatic carbocycles. The number of methoxy groups -OCH3 is 1. The van der Waals surface area contributed by atoms with Gasteiger partial charge in [-0.05, 0) is 42.8 Å². The first-order chi connectivity index (χ1) is 13.2. The number of halogens is 1. The molecular weight excluding hydrogens is 420 g/mol. The largest absolute Gasteiger partial charge is 0.495 e. The van der Waals surface area contributed by atoms with Crippen molar-refractivity contribution in [1.82, 2.24) is 4.98 Å². The van der Waals surface area contributed by atoms with Gasteiger partial charge in [0.05, 0.1) is 22.7 Å². The van der Waals surface area contributed by atoms with E-state index in [4.69, 9.17) is 16.3 Å². The van der Waals surface area contributed by atoms with E-state index < -0.39 is 15.7 Å². The number of hydrogen-bond donors (Lipinski definition) is 1. The summed E-state index contributed by atoms with van der Waals surface area (Å²) in [6.45, 7) is 1.74. The van der Waals surface area contributed by atoms with Crippen LogP contribution in [0.15, 0.2) is 46.7 Å². The smallest absolute Gasteiger partial charge is 0.257 e. The van der Waals surface area contributed by atoms with E-state index in [1.807, 2.05) is 6.07 Å². The number of rotatable bonds is 5. The Labute approximate surface area is 172 Å². The van der Waals surface area contributed by atoms with Crippen molar-refractivity contribution in [3.05, 3.63) is 57.9 Å². The van der Waals surface area contributed by atoms with Gasteiger partial charge in [0, 0.05) is 22.8 Å². The van der Waals surface area contributed by atoms with E-state index >= 15 is 0 Å². The van der Waals surface area contributed by atoms with Crippen molar-refractivity contribution in [2.45, 2.75) is 11.8 Å². The lowest BCUT2D eigenvalue weighted by Crippen LogP contribution is -2.14. The number of amides is 1. The third kappa shape index (κ3) is 4.35. The monoisotopic (exact) mass is 436 g/mol. The Bertz CT molecular complexity index is 1160. The number of benzene rings is 2. The molecule has 0 saturated heterocycles. The van der Waals surface area contributed by atoms with E-state index in [1.54, 1.807) is 30.5 Å². The molecule has 0 atom stereocenters. The fourth-order valence-corrected chi connectivity index (χ4v) is 4.15. The molecule has 3 aromatic rings. The first kappa shape index (κ1) is 20.3. The Morgan fingerprint density at radius 3 is 2.61 bits per heavy atom. The molecule has 28 heavy (non-hydrogen) atoms. The number of ether oxygens (including phenoxy) is 1. The molecule has 0 aliphatic heterocycles. The Hall–Kier alpha value is -2.42. The second-order valence-electron chi connectivity index (χ2n) is 6.09. The predicted octanol–water partition coefficient (Wildman–Crippen LogP) is 4.44. The molecular formula is C19H17ClN2O4S2. The number of thiazole rings is 1.